The lowest BCUT2D eigenvalue weighted by Crippen LogP contribution is -2.35. The first kappa shape index (κ1) is 23.7. The molecule has 3 aromatic carbocycles. The average Bonchev–Trinajstić information content (AvgIpc) is 2.86. The van der Waals surface area contributed by atoms with Crippen molar-refractivity contribution in [1.29, 1.82) is 0 Å². The van der Waals surface area contributed by atoms with Crippen molar-refractivity contribution in [3.05, 3.63) is 95.8 Å². The van der Waals surface area contributed by atoms with E-state index in [0.29, 0.717) is 28.3 Å². The summed E-state index contributed by atoms with van der Waals surface area (Å²) in [4.78, 5) is 18.0. The third-order valence-corrected chi connectivity index (χ3v) is 7.11. The van der Waals surface area contributed by atoms with Gasteiger partial charge < -0.3 is 4.74 Å². The molecule has 0 bridgehead atoms. The fourth-order valence-electron chi connectivity index (χ4n) is 3.70. The van der Waals surface area contributed by atoms with Gasteiger partial charge in [0.2, 0.25) is 0 Å². The summed E-state index contributed by atoms with van der Waals surface area (Å²) in [5, 5.41) is -0.0890. The second-order valence-corrected chi connectivity index (χ2v) is 9.84. The van der Waals surface area contributed by atoms with Crippen LogP contribution in [-0.4, -0.2) is 25.9 Å². The molecule has 1 amide bonds. The number of pyridine rings is 1. The Balaban J connectivity index is 1.52. The van der Waals surface area contributed by atoms with E-state index in [-0.39, 0.29) is 28.3 Å². The van der Waals surface area contributed by atoms with Crippen LogP contribution in [0.3, 0.4) is 0 Å². The molecular weight excluding hydrogens is 512 g/mol. The second-order valence-electron chi connectivity index (χ2n) is 7.80. The molecule has 0 saturated carbocycles. The van der Waals surface area contributed by atoms with Crippen molar-refractivity contribution in [3.63, 3.8) is 0 Å². The quantitative estimate of drug-likeness (QED) is 0.344. The van der Waals surface area contributed by atoms with E-state index in [0.717, 1.165) is 24.3 Å². The molecule has 0 aliphatic carbocycles. The Morgan fingerprint density at radius 2 is 1.58 bits per heavy atom. The summed E-state index contributed by atoms with van der Waals surface area (Å²) < 4.78 is 60.1. The molecular formula is C25H16ClF2N3O4S. The largest absolute Gasteiger partial charge is 0.482 e. The fraction of sp³-hybridized carbons (Fsp3) is 0.0400. The maximum atomic E-state index is 13.4. The topological polar surface area (TPSA) is 88.6 Å². The third-order valence-electron chi connectivity index (χ3n) is 5.43. The zero-order chi connectivity index (χ0) is 25.4. The van der Waals surface area contributed by atoms with Gasteiger partial charge in [-0.2, -0.15) is 0 Å². The van der Waals surface area contributed by atoms with E-state index in [1.165, 1.54) is 41.4 Å². The van der Waals surface area contributed by atoms with E-state index < -0.39 is 21.7 Å². The molecule has 1 aliphatic rings. The highest BCUT2D eigenvalue weighted by Crippen LogP contribution is 2.40. The minimum absolute atomic E-state index is 0.0129. The van der Waals surface area contributed by atoms with Gasteiger partial charge in [-0.3, -0.25) is 14.4 Å². The molecule has 1 aromatic heterocycles. The predicted molar refractivity (Wildman–Crippen MR) is 131 cm³/mol. The van der Waals surface area contributed by atoms with Crippen LogP contribution in [0.1, 0.15) is 0 Å². The normalized spacial score (nSPS) is 13.2. The Bertz CT molecular complexity index is 1580. The first-order chi connectivity index (χ1) is 17.2. The van der Waals surface area contributed by atoms with Gasteiger partial charge in [0.05, 0.1) is 16.3 Å². The molecule has 0 spiro atoms. The van der Waals surface area contributed by atoms with Crippen LogP contribution in [0.5, 0.6) is 5.75 Å². The smallest absolute Gasteiger partial charge is 0.269 e. The minimum atomic E-state index is -4.07. The summed E-state index contributed by atoms with van der Waals surface area (Å²) in [6, 6.07) is 16.4. The number of halogens is 3. The second kappa shape index (κ2) is 9.21. The number of rotatable bonds is 5. The lowest BCUT2D eigenvalue weighted by molar-refractivity contribution is -0.120. The van der Waals surface area contributed by atoms with E-state index in [1.807, 2.05) is 0 Å². The first-order valence-corrected chi connectivity index (χ1v) is 12.4. The van der Waals surface area contributed by atoms with Gasteiger partial charge in [-0.1, -0.05) is 17.7 Å². The van der Waals surface area contributed by atoms with Crippen LogP contribution >= 0.6 is 11.6 Å². The highest BCUT2D eigenvalue weighted by molar-refractivity contribution is 7.92. The molecule has 0 radical (unpaired) electrons. The molecule has 0 fully saturated rings. The number of aromatic nitrogens is 1. The van der Waals surface area contributed by atoms with E-state index in [1.54, 1.807) is 18.2 Å². The number of fused-ring (bicyclic) bond motifs is 1. The molecule has 4 aromatic rings. The maximum Gasteiger partial charge on any atom is 0.269 e. The Hall–Kier alpha value is -4.02. The van der Waals surface area contributed by atoms with Crippen molar-refractivity contribution < 1.29 is 26.7 Å². The fourth-order valence-corrected chi connectivity index (χ4v) is 4.96. The van der Waals surface area contributed by atoms with Gasteiger partial charge in [-0.05, 0) is 72.3 Å². The van der Waals surface area contributed by atoms with Crippen LogP contribution in [0.15, 0.2) is 83.9 Å². The van der Waals surface area contributed by atoms with Gasteiger partial charge in [0.25, 0.3) is 15.9 Å². The highest BCUT2D eigenvalue weighted by atomic mass is 35.5. The van der Waals surface area contributed by atoms with Crippen molar-refractivity contribution in [3.8, 4) is 16.9 Å². The van der Waals surface area contributed by atoms with Crippen LogP contribution in [0.4, 0.5) is 25.8 Å². The van der Waals surface area contributed by atoms with Crippen LogP contribution in [0.2, 0.25) is 5.15 Å². The lowest BCUT2D eigenvalue weighted by atomic mass is 10.0. The van der Waals surface area contributed by atoms with Crippen LogP contribution in [-0.2, 0) is 14.8 Å². The Kier molecular flexibility index (Phi) is 6.07. The standard InChI is InChI=1S/C25H16ClF2N3O4S/c26-25-21(30-36(33,34)20-8-4-18(28)5-9-20)11-16(13-29-25)15-1-10-23-22(12-15)31(24(32)14-35-23)19-6-2-17(27)3-7-19/h1-13,30H,14H2. The van der Waals surface area contributed by atoms with Gasteiger partial charge >= 0.3 is 0 Å². The van der Waals surface area contributed by atoms with Gasteiger partial charge in [-0.15, -0.1) is 0 Å². The van der Waals surface area contributed by atoms with Gasteiger partial charge in [0, 0.05) is 17.4 Å². The number of hydrogen-bond acceptors (Lipinski definition) is 5. The van der Waals surface area contributed by atoms with Crippen molar-refractivity contribution in [1.82, 2.24) is 4.98 Å². The third kappa shape index (κ3) is 4.60. The molecule has 1 aliphatic heterocycles. The number of hydrogen-bond donors (Lipinski definition) is 1. The van der Waals surface area contributed by atoms with Crippen LogP contribution in [0.25, 0.3) is 11.1 Å². The number of nitrogens with zero attached hydrogens (tertiary/aromatic N) is 2. The predicted octanol–water partition coefficient (Wildman–Crippen LogP) is 5.54. The van der Waals surface area contributed by atoms with Crippen molar-refractivity contribution in [2.45, 2.75) is 4.90 Å². The average molecular weight is 528 g/mol. The molecule has 5 rings (SSSR count). The summed E-state index contributed by atoms with van der Waals surface area (Å²) in [6.45, 7) is -0.179. The summed E-state index contributed by atoms with van der Waals surface area (Å²) in [5.41, 5.74) is 1.99. The highest BCUT2D eigenvalue weighted by Gasteiger charge is 2.27. The molecule has 2 heterocycles. The zero-order valence-electron chi connectivity index (χ0n) is 18.3. The monoisotopic (exact) mass is 527 g/mol. The first-order valence-electron chi connectivity index (χ1n) is 10.5. The molecule has 0 atom stereocenters. The molecule has 1 N–H and O–H groups in total. The van der Waals surface area contributed by atoms with Crippen LogP contribution in [0, 0.1) is 11.6 Å². The zero-order valence-corrected chi connectivity index (χ0v) is 19.9. The van der Waals surface area contributed by atoms with Gasteiger partial charge in [0.1, 0.15) is 17.4 Å². The number of carbonyl (C=O) groups is 1. The van der Waals surface area contributed by atoms with Crippen molar-refractivity contribution in [2.24, 2.45) is 0 Å². The Morgan fingerprint density at radius 1 is 0.917 bits per heavy atom. The van der Waals surface area contributed by atoms with E-state index in [4.69, 9.17) is 16.3 Å². The lowest BCUT2D eigenvalue weighted by Gasteiger charge is -2.30. The minimum Gasteiger partial charge on any atom is -0.482 e. The molecule has 0 saturated heterocycles. The molecule has 0 unspecified atom stereocenters. The number of amides is 1. The molecule has 11 heteroatoms. The van der Waals surface area contributed by atoms with Gasteiger partial charge in [0.15, 0.2) is 11.8 Å². The van der Waals surface area contributed by atoms with Crippen LogP contribution < -0.4 is 14.4 Å². The molecule has 182 valence electrons. The van der Waals surface area contributed by atoms with E-state index in [9.17, 15) is 22.0 Å². The molecule has 36 heavy (non-hydrogen) atoms. The number of nitrogens with one attached hydrogen (secondary N) is 1. The Labute approximate surface area is 210 Å². The summed E-state index contributed by atoms with van der Waals surface area (Å²) >= 11 is 6.15. The summed E-state index contributed by atoms with van der Waals surface area (Å²) in [5.74, 6) is -0.897. The Morgan fingerprint density at radius 3 is 2.28 bits per heavy atom. The van der Waals surface area contributed by atoms with E-state index >= 15 is 0 Å². The summed E-state index contributed by atoms with van der Waals surface area (Å²) in [7, 11) is -4.07. The summed E-state index contributed by atoms with van der Waals surface area (Å²) in [6.07, 6.45) is 1.45. The molecule has 7 nitrogen and oxygen atoms in total. The number of carbonyl (C=O) groups excluding carboxylic acids is 1. The maximum absolute atomic E-state index is 13.4. The number of sulfonamides is 1. The SMILES string of the molecule is O=C1COc2ccc(-c3cnc(Cl)c(NS(=O)(=O)c4ccc(F)cc4)c3)cc2N1c1ccc(F)cc1. The van der Waals surface area contributed by atoms with Crippen molar-refractivity contribution in [2.75, 3.05) is 16.2 Å². The number of benzene rings is 3. The van der Waals surface area contributed by atoms with Crippen molar-refractivity contribution >= 4 is 44.6 Å². The van der Waals surface area contributed by atoms with E-state index in [2.05, 4.69) is 9.71 Å². The number of anilines is 3. The van der Waals surface area contributed by atoms with Gasteiger partial charge in [-0.25, -0.2) is 22.2 Å². The number of ether oxygens (including phenoxy) is 1.